The molecule has 0 unspecified atom stereocenters. The van der Waals surface area contributed by atoms with E-state index in [1.165, 1.54) is 0 Å². The van der Waals surface area contributed by atoms with Crippen LogP contribution in [-0.2, 0) is 6.42 Å². The lowest BCUT2D eigenvalue weighted by molar-refractivity contribution is 0.0952. The Morgan fingerprint density at radius 3 is 2.75 bits per heavy atom. The lowest BCUT2D eigenvalue weighted by Crippen LogP contribution is -2.24. The lowest BCUT2D eigenvalue weighted by Gasteiger charge is -2.09. The van der Waals surface area contributed by atoms with E-state index in [0.717, 1.165) is 30.6 Å². The quantitative estimate of drug-likeness (QED) is 0.792. The summed E-state index contributed by atoms with van der Waals surface area (Å²) in [7, 11) is 0. The minimum atomic E-state index is -0.171. The van der Waals surface area contributed by atoms with Crippen LogP contribution in [-0.4, -0.2) is 24.9 Å². The monoisotopic (exact) mass is 323 g/mol. The van der Waals surface area contributed by atoms with Gasteiger partial charge in [0.2, 0.25) is 0 Å². The Morgan fingerprint density at radius 2 is 1.92 bits per heavy atom. The molecule has 0 fully saturated rings. The van der Waals surface area contributed by atoms with Crippen molar-refractivity contribution in [3.05, 3.63) is 59.2 Å². The Kier molecular flexibility index (Phi) is 4.79. The molecule has 24 heavy (non-hydrogen) atoms. The summed E-state index contributed by atoms with van der Waals surface area (Å²) < 4.78 is 0. The highest BCUT2D eigenvalue weighted by Crippen LogP contribution is 2.23. The second-order valence-electron chi connectivity index (χ2n) is 5.84. The van der Waals surface area contributed by atoms with Crippen LogP contribution in [0.15, 0.2) is 42.5 Å². The molecule has 2 aromatic rings. The van der Waals surface area contributed by atoms with Crippen LogP contribution < -0.4 is 16.0 Å². The molecule has 0 radical (unpaired) electrons. The molecule has 3 rings (SSSR count). The number of anilines is 2. The highest BCUT2D eigenvalue weighted by atomic mass is 16.2. The molecule has 2 amide bonds. The molecular weight excluding hydrogens is 302 g/mol. The van der Waals surface area contributed by atoms with Crippen LogP contribution >= 0.6 is 0 Å². The molecular formula is C19H21N3O2. The molecule has 124 valence electrons. The third kappa shape index (κ3) is 3.56. The van der Waals surface area contributed by atoms with Gasteiger partial charge in [-0.15, -0.1) is 0 Å². The standard InChI is InChI=1S/C19H21N3O2/c1-2-9-21-18(23)14-4-3-5-16(12-14)22-19(24)15-6-7-17-13(11-15)8-10-20-17/h3-7,11-12,20H,2,8-10H2,1H3,(H,21,23)(H,22,24). The lowest BCUT2D eigenvalue weighted by atomic mass is 10.1. The molecule has 0 saturated heterocycles. The molecule has 1 heterocycles. The first kappa shape index (κ1) is 16.1. The van der Waals surface area contributed by atoms with Crippen LogP contribution in [0.5, 0.6) is 0 Å². The first-order valence-electron chi connectivity index (χ1n) is 8.24. The molecule has 5 nitrogen and oxygen atoms in total. The predicted molar refractivity (Wildman–Crippen MR) is 95.7 cm³/mol. The van der Waals surface area contributed by atoms with Gasteiger partial charge >= 0.3 is 0 Å². The summed E-state index contributed by atoms with van der Waals surface area (Å²) in [6.07, 6.45) is 1.82. The summed E-state index contributed by atoms with van der Waals surface area (Å²) >= 11 is 0. The fourth-order valence-electron chi connectivity index (χ4n) is 2.73. The number of hydrogen-bond donors (Lipinski definition) is 3. The van der Waals surface area contributed by atoms with E-state index in [1.807, 2.05) is 25.1 Å². The van der Waals surface area contributed by atoms with Crippen LogP contribution in [0.3, 0.4) is 0 Å². The number of benzene rings is 2. The second-order valence-corrected chi connectivity index (χ2v) is 5.84. The summed E-state index contributed by atoms with van der Waals surface area (Å²) in [5.74, 6) is -0.299. The fourth-order valence-corrected chi connectivity index (χ4v) is 2.73. The topological polar surface area (TPSA) is 70.2 Å². The van der Waals surface area contributed by atoms with Crippen LogP contribution in [0.25, 0.3) is 0 Å². The molecule has 1 aliphatic rings. The van der Waals surface area contributed by atoms with Crippen molar-refractivity contribution >= 4 is 23.2 Å². The van der Waals surface area contributed by atoms with E-state index >= 15 is 0 Å². The zero-order chi connectivity index (χ0) is 16.9. The van der Waals surface area contributed by atoms with Gasteiger partial charge in [0.05, 0.1) is 0 Å². The van der Waals surface area contributed by atoms with E-state index in [0.29, 0.717) is 23.4 Å². The highest BCUT2D eigenvalue weighted by Gasteiger charge is 2.14. The molecule has 0 bridgehead atoms. The third-order valence-electron chi connectivity index (χ3n) is 4.00. The normalized spacial score (nSPS) is 12.2. The smallest absolute Gasteiger partial charge is 0.255 e. The van der Waals surface area contributed by atoms with Gasteiger partial charge in [0.1, 0.15) is 0 Å². The first-order chi connectivity index (χ1) is 11.7. The van der Waals surface area contributed by atoms with Crippen LogP contribution in [0.2, 0.25) is 0 Å². The summed E-state index contributed by atoms with van der Waals surface area (Å²) in [5.41, 5.74) is 4.04. The number of carbonyl (C=O) groups excluding carboxylic acids is 2. The average Bonchev–Trinajstić information content (AvgIpc) is 3.07. The van der Waals surface area contributed by atoms with E-state index in [1.54, 1.807) is 24.3 Å². The van der Waals surface area contributed by atoms with E-state index in [2.05, 4.69) is 16.0 Å². The Balaban J connectivity index is 1.71. The molecule has 2 aromatic carbocycles. The summed E-state index contributed by atoms with van der Waals surface area (Å²) in [6, 6.07) is 12.6. The van der Waals surface area contributed by atoms with Crippen molar-refractivity contribution in [1.82, 2.24) is 5.32 Å². The van der Waals surface area contributed by atoms with Gasteiger partial charge in [-0.05, 0) is 54.8 Å². The minimum Gasteiger partial charge on any atom is -0.384 e. The maximum Gasteiger partial charge on any atom is 0.255 e. The van der Waals surface area contributed by atoms with Crippen molar-refractivity contribution < 1.29 is 9.59 Å². The molecule has 0 atom stereocenters. The van der Waals surface area contributed by atoms with Gasteiger partial charge in [-0.2, -0.15) is 0 Å². The van der Waals surface area contributed by atoms with Gasteiger partial charge in [-0.3, -0.25) is 9.59 Å². The summed E-state index contributed by atoms with van der Waals surface area (Å²) in [5, 5.41) is 8.97. The highest BCUT2D eigenvalue weighted by molar-refractivity contribution is 6.05. The molecule has 0 aliphatic carbocycles. The largest absolute Gasteiger partial charge is 0.384 e. The van der Waals surface area contributed by atoms with Gasteiger partial charge in [-0.25, -0.2) is 0 Å². The van der Waals surface area contributed by atoms with Crippen molar-refractivity contribution in [3.63, 3.8) is 0 Å². The Labute approximate surface area is 141 Å². The van der Waals surface area contributed by atoms with Crippen LogP contribution in [0.1, 0.15) is 39.6 Å². The predicted octanol–water partition coefficient (Wildman–Crippen LogP) is 3.05. The SMILES string of the molecule is CCCNC(=O)c1cccc(NC(=O)c2ccc3c(c2)CCN3)c1. The molecule has 0 aromatic heterocycles. The van der Waals surface area contributed by atoms with E-state index in [-0.39, 0.29) is 11.8 Å². The number of rotatable bonds is 5. The third-order valence-corrected chi connectivity index (χ3v) is 4.00. The number of fused-ring (bicyclic) bond motifs is 1. The van der Waals surface area contributed by atoms with E-state index < -0.39 is 0 Å². The van der Waals surface area contributed by atoms with Crippen molar-refractivity contribution in [3.8, 4) is 0 Å². The van der Waals surface area contributed by atoms with Crippen LogP contribution in [0.4, 0.5) is 11.4 Å². The Hall–Kier alpha value is -2.82. The molecule has 0 saturated carbocycles. The van der Waals surface area contributed by atoms with Crippen molar-refractivity contribution in [2.45, 2.75) is 19.8 Å². The summed E-state index contributed by atoms with van der Waals surface area (Å²) in [4.78, 5) is 24.4. The van der Waals surface area contributed by atoms with E-state index in [4.69, 9.17) is 0 Å². The molecule has 1 aliphatic heterocycles. The van der Waals surface area contributed by atoms with Gasteiger partial charge in [-0.1, -0.05) is 13.0 Å². The van der Waals surface area contributed by atoms with Gasteiger partial charge in [0.25, 0.3) is 11.8 Å². The summed E-state index contributed by atoms with van der Waals surface area (Å²) in [6.45, 7) is 3.55. The van der Waals surface area contributed by atoms with Gasteiger partial charge < -0.3 is 16.0 Å². The Morgan fingerprint density at radius 1 is 1.08 bits per heavy atom. The van der Waals surface area contributed by atoms with Crippen LogP contribution in [0, 0.1) is 0 Å². The molecule has 3 N–H and O–H groups in total. The number of hydrogen-bond acceptors (Lipinski definition) is 3. The van der Waals surface area contributed by atoms with Gasteiger partial charge in [0, 0.05) is 35.6 Å². The average molecular weight is 323 g/mol. The second kappa shape index (κ2) is 7.17. The zero-order valence-electron chi connectivity index (χ0n) is 13.7. The first-order valence-corrected chi connectivity index (χ1v) is 8.24. The number of nitrogens with one attached hydrogen (secondary N) is 3. The Bertz CT molecular complexity index is 771. The maximum atomic E-state index is 12.4. The number of amides is 2. The number of carbonyl (C=O) groups is 2. The molecule has 0 spiro atoms. The van der Waals surface area contributed by atoms with E-state index in [9.17, 15) is 9.59 Å². The van der Waals surface area contributed by atoms with Gasteiger partial charge in [0.15, 0.2) is 0 Å². The van der Waals surface area contributed by atoms with Crippen molar-refractivity contribution in [1.29, 1.82) is 0 Å². The minimum absolute atomic E-state index is 0.128. The zero-order valence-corrected chi connectivity index (χ0v) is 13.7. The van der Waals surface area contributed by atoms with Crippen molar-refractivity contribution in [2.75, 3.05) is 23.7 Å². The fraction of sp³-hybridized carbons (Fsp3) is 0.263. The molecule has 5 heteroatoms. The van der Waals surface area contributed by atoms with Crippen molar-refractivity contribution in [2.24, 2.45) is 0 Å². The maximum absolute atomic E-state index is 12.4.